The second-order valence-corrected chi connectivity index (χ2v) is 11.4. The lowest BCUT2D eigenvalue weighted by Gasteiger charge is -2.56. The average molecular weight is 633 g/mol. The number of carbonyl (C=O) groups is 2. The minimum Gasteiger partial charge on any atom is -0.426 e. The van der Waals surface area contributed by atoms with E-state index in [-0.39, 0.29) is 12.5 Å². The number of ether oxygens (including phenoxy) is 2. The van der Waals surface area contributed by atoms with Crippen LogP contribution in [0.2, 0.25) is 0 Å². The van der Waals surface area contributed by atoms with Crippen LogP contribution in [0.3, 0.4) is 0 Å². The summed E-state index contributed by atoms with van der Waals surface area (Å²) in [5, 5.41) is 0. The predicted molar refractivity (Wildman–Crippen MR) is 169 cm³/mol. The monoisotopic (exact) mass is 631 g/mol. The smallest absolute Gasteiger partial charge is 0.326 e. The number of likely N-dealkylation sites (tertiary alicyclic amines) is 1. The Hall–Kier alpha value is -4.52. The summed E-state index contributed by atoms with van der Waals surface area (Å²) in [6.07, 6.45) is 0. The Morgan fingerprint density at radius 3 is 1.63 bits per heavy atom. The molecule has 1 aliphatic rings. The Bertz CT molecular complexity index is 1570. The van der Waals surface area contributed by atoms with Crippen LogP contribution in [0.1, 0.15) is 22.3 Å². The second-order valence-electron chi connectivity index (χ2n) is 10.4. The highest BCUT2D eigenvalue weighted by molar-refractivity contribution is 9.10. The number of esters is 1. The van der Waals surface area contributed by atoms with Crippen molar-refractivity contribution < 1.29 is 19.1 Å². The van der Waals surface area contributed by atoms with E-state index < -0.39 is 23.5 Å². The summed E-state index contributed by atoms with van der Waals surface area (Å²) >= 11 is 3.41. The Labute approximate surface area is 259 Å². The molecule has 0 N–H and O–H groups in total. The molecule has 1 heterocycles. The van der Waals surface area contributed by atoms with Gasteiger partial charge < -0.3 is 14.4 Å². The zero-order valence-electron chi connectivity index (χ0n) is 23.4. The van der Waals surface area contributed by atoms with E-state index in [0.717, 1.165) is 26.7 Å². The molecule has 5 aromatic carbocycles. The molecule has 0 aliphatic carbocycles. The Balaban J connectivity index is 1.45. The molecule has 43 heavy (non-hydrogen) atoms. The minimum atomic E-state index is -1.03. The van der Waals surface area contributed by atoms with Crippen molar-refractivity contribution in [1.82, 2.24) is 4.90 Å². The van der Waals surface area contributed by atoms with Crippen LogP contribution >= 0.6 is 15.9 Å². The first-order chi connectivity index (χ1) is 21.1. The van der Waals surface area contributed by atoms with Crippen LogP contribution in [0.4, 0.5) is 0 Å². The number of hydrogen-bond donors (Lipinski definition) is 0. The highest BCUT2D eigenvalue weighted by Gasteiger charge is 2.61. The maximum Gasteiger partial charge on any atom is 0.326 e. The van der Waals surface area contributed by atoms with Gasteiger partial charge in [-0.2, -0.15) is 0 Å². The van der Waals surface area contributed by atoms with Crippen LogP contribution in [0.5, 0.6) is 5.75 Å². The van der Waals surface area contributed by atoms with E-state index in [1.54, 1.807) is 24.3 Å². The summed E-state index contributed by atoms with van der Waals surface area (Å²) in [6, 6.07) is 46.1. The molecule has 1 fully saturated rings. The summed E-state index contributed by atoms with van der Waals surface area (Å²) in [7, 11) is 0. The SMILES string of the molecule is O=C(Oc1ccc(Br)cc1)[C@@H]1C(=O)N(C(c2ccccc2)(c2ccccc2)c2ccccc2)[C@H]1COCc1ccccc1. The van der Waals surface area contributed by atoms with E-state index in [9.17, 15) is 9.59 Å². The van der Waals surface area contributed by atoms with Gasteiger partial charge >= 0.3 is 5.97 Å². The molecule has 214 valence electrons. The minimum absolute atomic E-state index is 0.148. The van der Waals surface area contributed by atoms with E-state index in [0.29, 0.717) is 12.4 Å². The first-order valence-electron chi connectivity index (χ1n) is 14.2. The maximum absolute atomic E-state index is 14.4. The Morgan fingerprint density at radius 2 is 1.14 bits per heavy atom. The van der Waals surface area contributed by atoms with Crippen LogP contribution in [0.25, 0.3) is 0 Å². The van der Waals surface area contributed by atoms with Crippen LogP contribution < -0.4 is 4.74 Å². The van der Waals surface area contributed by atoms with Gasteiger partial charge in [0.05, 0.1) is 19.3 Å². The molecule has 5 aromatic rings. The van der Waals surface area contributed by atoms with Gasteiger partial charge in [-0.3, -0.25) is 9.59 Å². The van der Waals surface area contributed by atoms with Gasteiger partial charge in [-0.05, 0) is 46.5 Å². The van der Waals surface area contributed by atoms with Crippen LogP contribution in [0.15, 0.2) is 150 Å². The van der Waals surface area contributed by atoms with Crippen molar-refractivity contribution in [2.24, 2.45) is 5.92 Å². The number of nitrogens with zero attached hydrogens (tertiary/aromatic N) is 1. The van der Waals surface area contributed by atoms with E-state index >= 15 is 0 Å². The van der Waals surface area contributed by atoms with E-state index in [4.69, 9.17) is 9.47 Å². The number of hydrogen-bond acceptors (Lipinski definition) is 4. The molecule has 2 atom stereocenters. The van der Waals surface area contributed by atoms with Gasteiger partial charge in [0.1, 0.15) is 11.3 Å². The summed E-state index contributed by atoms with van der Waals surface area (Å²) in [5.41, 5.74) is 2.72. The van der Waals surface area contributed by atoms with Crippen molar-refractivity contribution in [2.75, 3.05) is 6.61 Å². The number of halogens is 1. The van der Waals surface area contributed by atoms with Crippen molar-refractivity contribution in [1.29, 1.82) is 0 Å². The molecule has 0 radical (unpaired) electrons. The normalized spacial score (nSPS) is 16.4. The largest absolute Gasteiger partial charge is 0.426 e. The first-order valence-corrected chi connectivity index (χ1v) is 15.0. The third-order valence-electron chi connectivity index (χ3n) is 7.84. The van der Waals surface area contributed by atoms with Gasteiger partial charge in [0.25, 0.3) is 0 Å². The molecule has 0 unspecified atom stereocenters. The van der Waals surface area contributed by atoms with Crippen molar-refractivity contribution >= 4 is 27.8 Å². The fourth-order valence-corrected chi connectivity index (χ4v) is 6.16. The maximum atomic E-state index is 14.4. The van der Waals surface area contributed by atoms with Crippen LogP contribution in [-0.4, -0.2) is 29.4 Å². The lowest BCUT2D eigenvalue weighted by atomic mass is 9.70. The quantitative estimate of drug-likeness (QED) is 0.0530. The third-order valence-corrected chi connectivity index (χ3v) is 8.37. The van der Waals surface area contributed by atoms with Gasteiger partial charge in [-0.1, -0.05) is 137 Å². The van der Waals surface area contributed by atoms with Gasteiger partial charge in [0.15, 0.2) is 5.92 Å². The zero-order chi connectivity index (χ0) is 29.6. The van der Waals surface area contributed by atoms with Crippen LogP contribution in [-0.2, 0) is 26.5 Å². The summed E-state index contributed by atoms with van der Waals surface area (Å²) in [5.74, 6) is -1.56. The molecular weight excluding hydrogens is 602 g/mol. The molecule has 6 rings (SSSR count). The number of amides is 1. The summed E-state index contributed by atoms with van der Waals surface area (Å²) < 4.78 is 12.9. The van der Waals surface area contributed by atoms with Crippen molar-refractivity contribution in [3.63, 3.8) is 0 Å². The van der Waals surface area contributed by atoms with Gasteiger partial charge in [0.2, 0.25) is 5.91 Å². The van der Waals surface area contributed by atoms with Crippen molar-refractivity contribution in [3.8, 4) is 5.75 Å². The molecule has 1 amide bonds. The molecule has 6 heteroatoms. The molecule has 0 spiro atoms. The van der Waals surface area contributed by atoms with Gasteiger partial charge in [-0.25, -0.2) is 0 Å². The van der Waals surface area contributed by atoms with Gasteiger partial charge in [-0.15, -0.1) is 0 Å². The molecule has 0 bridgehead atoms. The lowest BCUT2D eigenvalue weighted by molar-refractivity contribution is -0.179. The number of benzene rings is 5. The molecular formula is C37H30BrNO4. The highest BCUT2D eigenvalue weighted by atomic mass is 79.9. The first kappa shape index (κ1) is 28.6. The third kappa shape index (κ3) is 5.64. The van der Waals surface area contributed by atoms with E-state index in [1.807, 2.05) is 126 Å². The predicted octanol–water partition coefficient (Wildman–Crippen LogP) is 7.39. The lowest BCUT2D eigenvalue weighted by Crippen LogP contribution is -2.72. The molecule has 1 saturated heterocycles. The Kier molecular flexibility index (Phi) is 8.50. The average Bonchev–Trinajstić information content (AvgIpc) is 3.06. The topological polar surface area (TPSA) is 55.8 Å². The van der Waals surface area contributed by atoms with Crippen LogP contribution in [0, 0.1) is 5.92 Å². The van der Waals surface area contributed by atoms with E-state index in [2.05, 4.69) is 15.9 Å². The van der Waals surface area contributed by atoms with E-state index in [1.165, 1.54) is 0 Å². The number of carbonyl (C=O) groups excluding carboxylic acids is 2. The molecule has 1 aliphatic heterocycles. The molecule has 5 nitrogen and oxygen atoms in total. The fourth-order valence-electron chi connectivity index (χ4n) is 5.90. The van der Waals surface area contributed by atoms with Crippen molar-refractivity contribution in [2.45, 2.75) is 18.2 Å². The number of β-lactam (4-membered cyclic amide) rings is 1. The summed E-state index contributed by atoms with van der Waals surface area (Å²) in [4.78, 5) is 29.9. The fraction of sp³-hybridized carbons (Fsp3) is 0.135. The number of rotatable bonds is 10. The molecule has 0 saturated carbocycles. The summed E-state index contributed by atoms with van der Waals surface area (Å²) in [6.45, 7) is 0.498. The van der Waals surface area contributed by atoms with Crippen molar-refractivity contribution in [3.05, 3.63) is 172 Å². The van der Waals surface area contributed by atoms with Gasteiger partial charge in [0, 0.05) is 4.47 Å². The second kappa shape index (κ2) is 12.8. The zero-order valence-corrected chi connectivity index (χ0v) is 25.0. The highest BCUT2D eigenvalue weighted by Crippen LogP contribution is 2.49. The molecule has 0 aromatic heterocycles. The Morgan fingerprint density at radius 1 is 0.674 bits per heavy atom. The standard InChI is InChI=1S/C37H30BrNO4/c38-31-21-23-32(24-22-31)43-36(41)34-33(26-42-25-27-13-5-1-6-14-27)39(35(34)40)37(28-15-7-2-8-16-28,29-17-9-3-10-18-29)30-19-11-4-12-20-30/h1-24,33-34H,25-26H2/t33-,34-/m0/s1.